The van der Waals surface area contributed by atoms with E-state index in [2.05, 4.69) is 10.3 Å². The van der Waals surface area contributed by atoms with Gasteiger partial charge in [0.15, 0.2) is 0 Å². The standard InChI is InChI=1S/C25H21F6N3O2S/c26-24(27,28)18-7-3-1-5-16(18)13-32-21(35)20-14-37-22(33-20)15-9-11-34(12-10-15)23(36)17-6-2-4-8-19(17)25(29,30)31/h1-8,14-15H,9-13H2,(H,32,35). The van der Waals surface area contributed by atoms with Crippen molar-refractivity contribution < 1.29 is 35.9 Å². The van der Waals surface area contributed by atoms with Crippen LogP contribution in [-0.4, -0.2) is 34.8 Å². The first-order chi connectivity index (χ1) is 17.4. The fourth-order valence-electron chi connectivity index (χ4n) is 4.21. The lowest BCUT2D eigenvalue weighted by molar-refractivity contribution is -0.138. The molecule has 2 amide bonds. The van der Waals surface area contributed by atoms with E-state index in [0.29, 0.717) is 17.8 Å². The Hall–Kier alpha value is -3.41. The predicted octanol–water partition coefficient (Wildman–Crippen LogP) is 6.13. The summed E-state index contributed by atoms with van der Waals surface area (Å²) in [5, 5.41) is 4.60. The van der Waals surface area contributed by atoms with Gasteiger partial charge in [0.1, 0.15) is 5.69 Å². The number of piperidine rings is 1. The fourth-order valence-corrected chi connectivity index (χ4v) is 5.18. The van der Waals surface area contributed by atoms with Crippen LogP contribution in [-0.2, 0) is 18.9 Å². The third-order valence-corrected chi connectivity index (χ3v) is 7.12. The molecule has 1 N–H and O–H groups in total. The summed E-state index contributed by atoms with van der Waals surface area (Å²) in [7, 11) is 0. The Morgan fingerprint density at radius 2 is 1.51 bits per heavy atom. The van der Waals surface area contributed by atoms with Crippen LogP contribution in [0.25, 0.3) is 0 Å². The molecular weight excluding hydrogens is 520 g/mol. The van der Waals surface area contributed by atoms with Crippen molar-refractivity contribution in [2.75, 3.05) is 13.1 Å². The summed E-state index contributed by atoms with van der Waals surface area (Å²) >= 11 is 1.22. The number of thiazole rings is 1. The second-order valence-corrected chi connectivity index (χ2v) is 9.41. The van der Waals surface area contributed by atoms with Crippen LogP contribution >= 0.6 is 11.3 Å². The lowest BCUT2D eigenvalue weighted by Crippen LogP contribution is -2.38. The lowest BCUT2D eigenvalue weighted by Gasteiger charge is -2.31. The van der Waals surface area contributed by atoms with Crippen molar-refractivity contribution >= 4 is 23.2 Å². The number of nitrogens with one attached hydrogen (secondary N) is 1. The third-order valence-electron chi connectivity index (χ3n) is 6.11. The third kappa shape index (κ3) is 6.12. The van der Waals surface area contributed by atoms with Crippen molar-refractivity contribution in [3.8, 4) is 0 Å². The number of carbonyl (C=O) groups is 2. The summed E-state index contributed by atoms with van der Waals surface area (Å²) in [5.74, 6) is -1.40. The number of hydrogen-bond donors (Lipinski definition) is 1. The molecule has 1 aliphatic rings. The molecule has 1 saturated heterocycles. The SMILES string of the molecule is O=C(NCc1ccccc1C(F)(F)F)c1csc(C2CCN(C(=O)c3ccccc3C(F)(F)F)CC2)n1. The van der Waals surface area contributed by atoms with Crippen molar-refractivity contribution in [2.45, 2.75) is 37.7 Å². The number of aromatic nitrogens is 1. The molecule has 0 saturated carbocycles. The second-order valence-electron chi connectivity index (χ2n) is 8.52. The number of hydrogen-bond acceptors (Lipinski definition) is 4. The first kappa shape index (κ1) is 26.6. The predicted molar refractivity (Wildman–Crippen MR) is 124 cm³/mol. The molecule has 3 aromatic rings. The van der Waals surface area contributed by atoms with Crippen LogP contribution in [0.5, 0.6) is 0 Å². The molecule has 4 rings (SSSR count). The number of carbonyl (C=O) groups excluding carboxylic acids is 2. The van der Waals surface area contributed by atoms with Gasteiger partial charge >= 0.3 is 12.4 Å². The first-order valence-corrected chi connectivity index (χ1v) is 12.2. The Kier molecular flexibility index (Phi) is 7.58. The van der Waals surface area contributed by atoms with Crippen LogP contribution in [0.4, 0.5) is 26.3 Å². The van der Waals surface area contributed by atoms with E-state index < -0.39 is 40.9 Å². The van der Waals surface area contributed by atoms with Crippen LogP contribution in [0.2, 0.25) is 0 Å². The largest absolute Gasteiger partial charge is 0.417 e. The Labute approximate surface area is 212 Å². The Morgan fingerprint density at radius 3 is 2.16 bits per heavy atom. The van der Waals surface area contributed by atoms with Gasteiger partial charge in [-0.05, 0) is 36.6 Å². The topological polar surface area (TPSA) is 62.3 Å². The van der Waals surface area contributed by atoms with Crippen molar-refractivity contribution in [1.29, 1.82) is 0 Å². The summed E-state index contributed by atoms with van der Waals surface area (Å²) in [6.45, 7) is 0.136. The van der Waals surface area contributed by atoms with E-state index in [1.54, 1.807) is 0 Å². The second kappa shape index (κ2) is 10.5. The fraction of sp³-hybridized carbons (Fsp3) is 0.320. The molecule has 0 aliphatic carbocycles. The van der Waals surface area contributed by atoms with Gasteiger partial charge in [-0.2, -0.15) is 26.3 Å². The van der Waals surface area contributed by atoms with Gasteiger partial charge in [0.05, 0.1) is 21.7 Å². The van der Waals surface area contributed by atoms with Crippen LogP contribution < -0.4 is 5.32 Å². The van der Waals surface area contributed by atoms with Gasteiger partial charge in [0.2, 0.25) is 0 Å². The van der Waals surface area contributed by atoms with Gasteiger partial charge in [0, 0.05) is 30.9 Å². The maximum absolute atomic E-state index is 13.3. The molecular formula is C25H21F6N3O2S. The Morgan fingerprint density at radius 1 is 0.919 bits per heavy atom. The summed E-state index contributed by atoms with van der Waals surface area (Å²) in [5.41, 5.74) is -2.19. The number of nitrogens with zero attached hydrogens (tertiary/aromatic N) is 2. The monoisotopic (exact) mass is 541 g/mol. The molecule has 0 atom stereocenters. The molecule has 2 heterocycles. The summed E-state index contributed by atoms with van der Waals surface area (Å²) < 4.78 is 79.3. The number of amides is 2. The smallest absolute Gasteiger partial charge is 0.347 e. The molecule has 1 aliphatic heterocycles. The molecule has 0 spiro atoms. The van der Waals surface area contributed by atoms with Crippen LogP contribution in [0.3, 0.4) is 0 Å². The maximum atomic E-state index is 13.3. The minimum atomic E-state index is -4.64. The van der Waals surface area contributed by atoms with E-state index in [1.807, 2.05) is 0 Å². The van der Waals surface area contributed by atoms with E-state index in [0.717, 1.165) is 18.2 Å². The summed E-state index contributed by atoms with van der Waals surface area (Å²) in [4.78, 5) is 31.0. The zero-order valence-electron chi connectivity index (χ0n) is 19.2. The van der Waals surface area contributed by atoms with Crippen molar-refractivity contribution in [2.24, 2.45) is 0 Å². The zero-order chi connectivity index (χ0) is 26.8. The van der Waals surface area contributed by atoms with Gasteiger partial charge in [0.25, 0.3) is 11.8 Å². The average molecular weight is 542 g/mol. The number of benzene rings is 2. The Bertz CT molecular complexity index is 1280. The lowest BCUT2D eigenvalue weighted by atomic mass is 9.96. The van der Waals surface area contributed by atoms with E-state index in [-0.39, 0.29) is 36.8 Å². The number of rotatable bonds is 5. The first-order valence-electron chi connectivity index (χ1n) is 11.3. The van der Waals surface area contributed by atoms with Gasteiger partial charge in [-0.3, -0.25) is 9.59 Å². The Balaban J connectivity index is 1.36. The minimum absolute atomic E-state index is 0.0667. The molecule has 196 valence electrons. The minimum Gasteiger partial charge on any atom is -0.347 e. The molecule has 1 aromatic heterocycles. The normalized spacial score (nSPS) is 15.0. The zero-order valence-corrected chi connectivity index (χ0v) is 20.0. The number of likely N-dealkylation sites (tertiary alicyclic amines) is 1. The molecule has 0 bridgehead atoms. The van der Waals surface area contributed by atoms with Gasteiger partial charge in [-0.25, -0.2) is 4.98 Å². The van der Waals surface area contributed by atoms with E-state index >= 15 is 0 Å². The van der Waals surface area contributed by atoms with Crippen LogP contribution in [0.15, 0.2) is 53.9 Å². The van der Waals surface area contributed by atoms with Crippen molar-refractivity contribution in [3.05, 3.63) is 86.9 Å². The maximum Gasteiger partial charge on any atom is 0.417 e. The molecule has 12 heteroatoms. The highest BCUT2D eigenvalue weighted by atomic mass is 32.1. The van der Waals surface area contributed by atoms with E-state index in [4.69, 9.17) is 0 Å². The molecule has 0 radical (unpaired) electrons. The molecule has 1 fully saturated rings. The average Bonchev–Trinajstić information content (AvgIpc) is 3.37. The van der Waals surface area contributed by atoms with E-state index in [9.17, 15) is 35.9 Å². The van der Waals surface area contributed by atoms with Crippen LogP contribution in [0, 0.1) is 0 Å². The molecule has 5 nitrogen and oxygen atoms in total. The van der Waals surface area contributed by atoms with Crippen molar-refractivity contribution in [3.63, 3.8) is 0 Å². The van der Waals surface area contributed by atoms with E-state index in [1.165, 1.54) is 51.9 Å². The van der Waals surface area contributed by atoms with Gasteiger partial charge in [-0.1, -0.05) is 30.3 Å². The quantitative estimate of drug-likeness (QED) is 0.396. The van der Waals surface area contributed by atoms with Crippen molar-refractivity contribution in [1.82, 2.24) is 15.2 Å². The molecule has 37 heavy (non-hydrogen) atoms. The number of alkyl halides is 6. The van der Waals surface area contributed by atoms with Gasteiger partial charge < -0.3 is 10.2 Å². The number of halogens is 6. The molecule has 2 aromatic carbocycles. The van der Waals surface area contributed by atoms with Crippen LogP contribution in [0.1, 0.15) is 61.3 Å². The highest BCUT2D eigenvalue weighted by molar-refractivity contribution is 7.09. The highest BCUT2D eigenvalue weighted by Crippen LogP contribution is 2.35. The van der Waals surface area contributed by atoms with Gasteiger partial charge in [-0.15, -0.1) is 11.3 Å². The summed E-state index contributed by atoms with van der Waals surface area (Å²) in [6, 6.07) is 9.63. The molecule has 0 unspecified atom stereocenters. The summed E-state index contributed by atoms with van der Waals surface area (Å²) in [6.07, 6.45) is -8.28. The highest BCUT2D eigenvalue weighted by Gasteiger charge is 2.37.